The minimum atomic E-state index is -1.54. The summed E-state index contributed by atoms with van der Waals surface area (Å²) in [5, 5.41) is 74.8. The van der Waals surface area contributed by atoms with Crippen LogP contribution in [0.25, 0.3) is 0 Å². The number of rotatable bonds is 6. The highest BCUT2D eigenvalue weighted by atomic mass is 16.7. The maximum atomic E-state index is 12.7. The van der Waals surface area contributed by atoms with E-state index in [0.717, 1.165) is 51.4 Å². The summed E-state index contributed by atoms with van der Waals surface area (Å²) in [5.74, 6) is 1.00. The summed E-state index contributed by atoms with van der Waals surface area (Å²) in [5.41, 5.74) is 0.161. The maximum Gasteiger partial charge on any atom is 0.187 e. The number of fused-ring (bicyclic) bond motifs is 7. The van der Waals surface area contributed by atoms with Crippen LogP contribution in [-0.2, 0) is 28.4 Å². The molecule has 0 bridgehead atoms. The van der Waals surface area contributed by atoms with Crippen molar-refractivity contribution in [2.75, 3.05) is 19.8 Å². The smallest absolute Gasteiger partial charge is 0.187 e. The largest absolute Gasteiger partial charge is 0.394 e. The van der Waals surface area contributed by atoms with Crippen molar-refractivity contribution in [3.8, 4) is 0 Å². The Morgan fingerprint density at radius 3 is 2.22 bits per heavy atom. The number of aliphatic hydroxyl groups excluding tert-OH is 6. The van der Waals surface area contributed by atoms with E-state index >= 15 is 0 Å². The predicted octanol–water partition coefficient (Wildman–Crippen LogP) is 1.12. The lowest BCUT2D eigenvalue weighted by Gasteiger charge is -2.60. The average Bonchev–Trinajstić information content (AvgIpc) is 3.61. The Morgan fingerprint density at radius 2 is 1.53 bits per heavy atom. The number of aliphatic hydroxyl groups is 7. The molecule has 8 rings (SSSR count). The van der Waals surface area contributed by atoms with Gasteiger partial charge in [0.2, 0.25) is 0 Å². The second-order valence-corrected chi connectivity index (χ2v) is 17.9. The van der Waals surface area contributed by atoms with Gasteiger partial charge >= 0.3 is 0 Å². The van der Waals surface area contributed by atoms with E-state index in [9.17, 15) is 35.7 Å². The van der Waals surface area contributed by atoms with Crippen LogP contribution < -0.4 is 0 Å². The zero-order valence-electron chi connectivity index (χ0n) is 30.4. The van der Waals surface area contributed by atoms with E-state index in [0.29, 0.717) is 36.7 Å². The minimum absolute atomic E-state index is 0.0159. The molecule has 4 saturated heterocycles. The molecule has 0 radical (unpaired) electrons. The van der Waals surface area contributed by atoms with Crippen LogP contribution in [0.1, 0.15) is 85.5 Å². The molecule has 4 aliphatic carbocycles. The molecular weight excluding hydrogens is 664 g/mol. The minimum Gasteiger partial charge on any atom is -0.394 e. The van der Waals surface area contributed by atoms with Crippen molar-refractivity contribution in [3.05, 3.63) is 11.6 Å². The fourth-order valence-corrected chi connectivity index (χ4v) is 12.3. The molecule has 7 fully saturated rings. The third-order valence-corrected chi connectivity index (χ3v) is 15.5. The Bertz CT molecular complexity index is 1320. The van der Waals surface area contributed by atoms with Gasteiger partial charge in [-0.3, -0.25) is 0 Å². The average molecular weight is 725 g/mol. The van der Waals surface area contributed by atoms with Crippen LogP contribution in [0.2, 0.25) is 0 Å². The van der Waals surface area contributed by atoms with Crippen molar-refractivity contribution in [1.82, 2.24) is 0 Å². The number of allylic oxidation sites excluding steroid dienone is 1. The maximum absolute atomic E-state index is 12.7. The summed E-state index contributed by atoms with van der Waals surface area (Å²) in [6, 6.07) is 0. The normalized spacial score (nSPS) is 58.1. The molecule has 3 saturated carbocycles. The van der Waals surface area contributed by atoms with Crippen LogP contribution in [0.4, 0.5) is 0 Å². The van der Waals surface area contributed by atoms with E-state index in [1.807, 2.05) is 0 Å². The molecule has 51 heavy (non-hydrogen) atoms. The van der Waals surface area contributed by atoms with Crippen molar-refractivity contribution < 1.29 is 64.2 Å². The molecule has 0 aromatic carbocycles. The van der Waals surface area contributed by atoms with Gasteiger partial charge in [0.1, 0.15) is 48.3 Å². The van der Waals surface area contributed by atoms with E-state index in [4.69, 9.17) is 28.4 Å². The predicted molar refractivity (Wildman–Crippen MR) is 178 cm³/mol. The lowest BCUT2D eigenvalue weighted by Crippen LogP contribution is -2.62. The highest BCUT2D eigenvalue weighted by Gasteiger charge is 2.76. The first-order chi connectivity index (χ1) is 24.2. The van der Waals surface area contributed by atoms with Crippen molar-refractivity contribution in [2.24, 2.45) is 40.4 Å². The van der Waals surface area contributed by atoms with Gasteiger partial charge < -0.3 is 64.2 Å². The van der Waals surface area contributed by atoms with Crippen LogP contribution in [0.5, 0.6) is 0 Å². The summed E-state index contributed by atoms with van der Waals surface area (Å²) in [7, 11) is 0. The van der Waals surface area contributed by atoms with E-state index in [1.165, 1.54) is 5.57 Å². The SMILES string of the molecule is C[C@@H]1CC[C@@]2(OC1)O[C@H]1C[C@H]3[C@@H]4CC=C5C[C@@H](O[C@@H]6O[C@H](CO)[C@@H](O[C@@H]7O[C@@H](CO)[C@H](O)[C@H]7O)[C@H](O)[C@H]6O)CC[C@]5(C)[C@H]4CC[C@]3(C)[C@@]1(O)[C@@H]2C. The molecule has 0 aromatic heterocycles. The number of ether oxygens (including phenoxy) is 6. The molecule has 0 amide bonds. The first kappa shape index (κ1) is 37.2. The van der Waals surface area contributed by atoms with Gasteiger partial charge in [0.05, 0.1) is 32.0 Å². The van der Waals surface area contributed by atoms with E-state index in [-0.39, 0.29) is 29.0 Å². The molecule has 20 atom stereocenters. The van der Waals surface area contributed by atoms with Gasteiger partial charge in [-0.1, -0.05) is 39.3 Å². The van der Waals surface area contributed by atoms with Crippen molar-refractivity contribution >= 4 is 0 Å². The van der Waals surface area contributed by atoms with Crippen LogP contribution in [-0.4, -0.2) is 134 Å². The zero-order valence-corrected chi connectivity index (χ0v) is 30.4. The second kappa shape index (κ2) is 13.2. The third kappa shape index (κ3) is 5.43. The van der Waals surface area contributed by atoms with Gasteiger partial charge in [-0.15, -0.1) is 0 Å². The fourth-order valence-electron chi connectivity index (χ4n) is 12.3. The van der Waals surface area contributed by atoms with E-state index in [2.05, 4.69) is 33.8 Å². The van der Waals surface area contributed by atoms with Crippen LogP contribution >= 0.6 is 0 Å². The lowest BCUT2D eigenvalue weighted by molar-refractivity contribution is -0.337. The Balaban J connectivity index is 0.929. The topological polar surface area (TPSA) is 197 Å². The first-order valence-electron chi connectivity index (χ1n) is 19.5. The summed E-state index contributed by atoms with van der Waals surface area (Å²) in [6.45, 7) is 8.65. The van der Waals surface area contributed by atoms with Crippen molar-refractivity contribution in [1.29, 1.82) is 0 Å². The second-order valence-electron chi connectivity index (χ2n) is 17.9. The molecule has 0 aromatic rings. The highest BCUT2D eigenvalue weighted by molar-refractivity contribution is 5.29. The van der Waals surface area contributed by atoms with Gasteiger partial charge in [-0.2, -0.15) is 0 Å². The van der Waals surface area contributed by atoms with E-state index in [1.54, 1.807) is 0 Å². The molecular formula is C38H60O13. The Labute approximate surface area is 300 Å². The van der Waals surface area contributed by atoms with Crippen LogP contribution in [0.15, 0.2) is 11.6 Å². The number of hydrogen-bond acceptors (Lipinski definition) is 13. The standard InChI is InChI=1S/C38H60O13/c1-18-7-12-37(46-17-18)19(2)38(45)27(51-37)14-24-22-6-5-20-13-21(8-10-35(20,3)23(22)9-11-36(24,38)4)47-33-31(44)29(42)32(26(16-40)49-33)50-34-30(43)28(41)25(15-39)48-34/h5,18-19,21-34,39-45H,6-17H2,1-4H3/t18-,19-,21+,22-,23+,24+,25+,26-,27+,28+,29-,30-,31-,32-,33-,34+,35+,36+,37-,38-/m1/s1. The molecule has 0 unspecified atom stereocenters. The molecule has 1 spiro atoms. The van der Waals surface area contributed by atoms with Gasteiger partial charge in [0.15, 0.2) is 18.4 Å². The monoisotopic (exact) mass is 724 g/mol. The fraction of sp³-hybridized carbons (Fsp3) is 0.947. The molecule has 290 valence electrons. The molecule has 4 aliphatic heterocycles. The lowest BCUT2D eigenvalue weighted by atomic mass is 9.46. The summed E-state index contributed by atoms with van der Waals surface area (Å²) < 4.78 is 36.6. The zero-order chi connectivity index (χ0) is 36.2. The van der Waals surface area contributed by atoms with E-state index < -0.39 is 79.9 Å². The number of hydrogen-bond donors (Lipinski definition) is 7. The third-order valence-electron chi connectivity index (χ3n) is 15.5. The Morgan fingerprint density at radius 1 is 0.824 bits per heavy atom. The van der Waals surface area contributed by atoms with Gasteiger partial charge in [0, 0.05) is 17.8 Å². The summed E-state index contributed by atoms with van der Waals surface area (Å²) >= 11 is 0. The Kier molecular flexibility index (Phi) is 9.60. The quantitative estimate of drug-likeness (QED) is 0.193. The molecule has 13 nitrogen and oxygen atoms in total. The van der Waals surface area contributed by atoms with Gasteiger partial charge in [-0.05, 0) is 80.5 Å². The highest BCUT2D eigenvalue weighted by Crippen LogP contribution is 2.72. The molecule has 8 aliphatic rings. The van der Waals surface area contributed by atoms with Crippen LogP contribution in [0.3, 0.4) is 0 Å². The first-order valence-corrected chi connectivity index (χ1v) is 19.5. The van der Waals surface area contributed by atoms with Crippen molar-refractivity contribution in [3.63, 3.8) is 0 Å². The van der Waals surface area contributed by atoms with Crippen molar-refractivity contribution in [2.45, 2.75) is 164 Å². The molecule has 13 heteroatoms. The Hall–Kier alpha value is -0.780. The summed E-state index contributed by atoms with van der Waals surface area (Å²) in [4.78, 5) is 0. The van der Waals surface area contributed by atoms with Crippen LogP contribution in [0, 0.1) is 40.4 Å². The van der Waals surface area contributed by atoms with Gasteiger partial charge in [-0.25, -0.2) is 0 Å². The molecule has 4 heterocycles. The summed E-state index contributed by atoms with van der Waals surface area (Å²) in [6.07, 6.45) is -2.17. The molecule has 7 N–H and O–H groups in total. The van der Waals surface area contributed by atoms with Gasteiger partial charge in [0.25, 0.3) is 0 Å².